The molecular weight excluding hydrogens is 387 g/mol. The molecule has 0 radical (unpaired) electrons. The SMILES string of the molecule is C=NN(C)/C(COc1bnc(/C(C=NC)=C/C)cc1)=C(\C)c1ccc(C(F)F)cn1. The Morgan fingerprint density at radius 2 is 2.03 bits per heavy atom. The molecule has 2 aromatic heterocycles. The second-order valence-corrected chi connectivity index (χ2v) is 6.31. The average molecular weight is 411 g/mol. The van der Waals surface area contributed by atoms with Gasteiger partial charge in [-0.2, -0.15) is 0 Å². The number of alkyl halides is 2. The third-order valence-corrected chi connectivity index (χ3v) is 4.45. The van der Waals surface area contributed by atoms with Gasteiger partial charge in [0.05, 0.1) is 0 Å². The number of nitrogens with zero attached hydrogens (tertiary/aromatic N) is 5. The van der Waals surface area contributed by atoms with Crippen LogP contribution in [-0.2, 0) is 0 Å². The summed E-state index contributed by atoms with van der Waals surface area (Å²) in [4.78, 5) is 12.6. The van der Waals surface area contributed by atoms with Gasteiger partial charge in [0.2, 0.25) is 0 Å². The predicted molar refractivity (Wildman–Crippen MR) is 118 cm³/mol. The van der Waals surface area contributed by atoms with E-state index in [1.54, 1.807) is 38.4 Å². The summed E-state index contributed by atoms with van der Waals surface area (Å²) in [5.74, 6) is 0. The molecule has 2 aromatic rings. The molecule has 0 saturated carbocycles. The standard InChI is InChI=1S/C21H24BF2N5O/c1-6-15(11-25-3)18-9-10-20(22-28-18)30-13-19(29(5)26-4)14(2)17-8-7-16(12-27-17)21(23)24/h6-12,21H,4,13H2,1-3,5H3/b15-6+,19-14+,25-11?. The number of hydrogen-bond acceptors (Lipinski definition) is 6. The van der Waals surface area contributed by atoms with E-state index in [4.69, 9.17) is 4.74 Å². The van der Waals surface area contributed by atoms with Gasteiger partial charge in [0, 0.05) is 0 Å². The van der Waals surface area contributed by atoms with E-state index < -0.39 is 6.43 Å². The Kier molecular flexibility index (Phi) is 8.52. The predicted octanol–water partition coefficient (Wildman–Crippen LogP) is 4.21. The molecule has 0 unspecified atom stereocenters. The topological polar surface area (TPSA) is 63.0 Å². The van der Waals surface area contributed by atoms with Crippen LogP contribution in [-0.4, -0.2) is 55.6 Å². The van der Waals surface area contributed by atoms with E-state index in [0.29, 0.717) is 17.0 Å². The minimum absolute atomic E-state index is 0.126. The van der Waals surface area contributed by atoms with Crippen molar-refractivity contribution < 1.29 is 13.5 Å². The van der Waals surface area contributed by atoms with Crippen LogP contribution in [0.4, 0.5) is 8.78 Å². The van der Waals surface area contributed by atoms with E-state index in [1.165, 1.54) is 12.3 Å². The molecule has 156 valence electrons. The Hall–Kier alpha value is -3.23. The van der Waals surface area contributed by atoms with E-state index in [9.17, 15) is 8.78 Å². The van der Waals surface area contributed by atoms with Crippen LogP contribution in [0.1, 0.15) is 37.2 Å². The third kappa shape index (κ3) is 5.89. The average Bonchev–Trinajstić information content (AvgIpc) is 2.77. The molecule has 2 rings (SSSR count). The van der Waals surface area contributed by atoms with E-state index in [1.807, 2.05) is 32.1 Å². The van der Waals surface area contributed by atoms with Crippen LogP contribution < -0.4 is 4.74 Å². The molecule has 30 heavy (non-hydrogen) atoms. The summed E-state index contributed by atoms with van der Waals surface area (Å²) >= 11 is 0. The molecule has 2 heterocycles. The van der Waals surface area contributed by atoms with Crippen LogP contribution in [0.5, 0.6) is 5.64 Å². The maximum absolute atomic E-state index is 12.8. The van der Waals surface area contributed by atoms with Gasteiger partial charge in [0.15, 0.2) is 0 Å². The third-order valence-electron chi connectivity index (χ3n) is 4.45. The molecule has 0 fully saturated rings. The zero-order valence-corrected chi connectivity index (χ0v) is 17.5. The second-order valence-electron chi connectivity index (χ2n) is 6.31. The first-order chi connectivity index (χ1) is 14.4. The molecule has 0 amide bonds. The normalized spacial score (nSPS) is 12.7. The Bertz CT molecular complexity index is 941. The number of halogens is 2. The van der Waals surface area contributed by atoms with Crippen LogP contribution in [0.25, 0.3) is 11.1 Å². The Balaban J connectivity index is 2.22. The summed E-state index contributed by atoms with van der Waals surface area (Å²) in [6.07, 6.45) is 2.28. The van der Waals surface area contributed by atoms with Crippen molar-refractivity contribution >= 4 is 31.1 Å². The van der Waals surface area contributed by atoms with Crippen molar-refractivity contribution in [2.75, 3.05) is 20.7 Å². The van der Waals surface area contributed by atoms with E-state index in [0.717, 1.165) is 16.8 Å². The number of rotatable bonds is 9. The number of pyridine rings is 1. The molecule has 0 saturated heterocycles. The Morgan fingerprint density at radius 1 is 1.30 bits per heavy atom. The summed E-state index contributed by atoms with van der Waals surface area (Å²) in [6.45, 7) is 7.47. The van der Waals surface area contributed by atoms with E-state index in [-0.39, 0.29) is 12.2 Å². The molecule has 9 heteroatoms. The summed E-state index contributed by atoms with van der Waals surface area (Å²) < 4.78 is 31.4. The number of aliphatic imine (C=N–C) groups is 1. The van der Waals surface area contributed by atoms with Gasteiger partial charge in [0.1, 0.15) is 0 Å². The summed E-state index contributed by atoms with van der Waals surface area (Å²) in [6, 6.07) is 6.58. The fourth-order valence-corrected chi connectivity index (χ4v) is 2.65. The van der Waals surface area contributed by atoms with Gasteiger partial charge >= 0.3 is 175 Å². The van der Waals surface area contributed by atoms with Crippen LogP contribution in [0.15, 0.2) is 52.3 Å². The van der Waals surface area contributed by atoms with Gasteiger partial charge in [-0.3, -0.25) is 0 Å². The quantitative estimate of drug-likeness (QED) is 0.458. The fraction of sp³-hybridized carbons (Fsp3) is 0.286. The Morgan fingerprint density at radius 3 is 2.53 bits per heavy atom. The van der Waals surface area contributed by atoms with E-state index in [2.05, 4.69) is 26.7 Å². The zero-order valence-electron chi connectivity index (χ0n) is 17.5. The van der Waals surface area contributed by atoms with Crippen LogP contribution in [0.2, 0.25) is 0 Å². The van der Waals surface area contributed by atoms with Crippen LogP contribution in [0.3, 0.4) is 0 Å². The van der Waals surface area contributed by atoms with Crippen LogP contribution >= 0.6 is 0 Å². The van der Waals surface area contributed by atoms with E-state index >= 15 is 0 Å². The number of hydrogen-bond donors (Lipinski definition) is 0. The first-order valence-electron chi connectivity index (χ1n) is 9.23. The van der Waals surface area contributed by atoms with Gasteiger partial charge in [-0.1, -0.05) is 0 Å². The number of hydrazone groups is 1. The van der Waals surface area contributed by atoms with Crippen molar-refractivity contribution in [3.63, 3.8) is 0 Å². The summed E-state index contributed by atoms with van der Waals surface area (Å²) in [5.41, 5.74) is 4.14. The molecule has 0 spiro atoms. The molecule has 0 bridgehead atoms. The van der Waals surface area contributed by atoms with Crippen molar-refractivity contribution in [2.45, 2.75) is 20.3 Å². The molecule has 0 aromatic carbocycles. The van der Waals surface area contributed by atoms with Crippen LogP contribution in [0, 0.1) is 0 Å². The van der Waals surface area contributed by atoms with Crippen molar-refractivity contribution in [3.05, 3.63) is 59.2 Å². The second kappa shape index (κ2) is 11.1. The van der Waals surface area contributed by atoms with Gasteiger partial charge < -0.3 is 0 Å². The van der Waals surface area contributed by atoms with Crippen molar-refractivity contribution in [3.8, 4) is 5.64 Å². The van der Waals surface area contributed by atoms with Crippen molar-refractivity contribution in [2.24, 2.45) is 10.1 Å². The summed E-state index contributed by atoms with van der Waals surface area (Å²) in [7, 11) is 5.07. The molecule has 0 N–H and O–H groups in total. The molecule has 0 aliphatic carbocycles. The zero-order chi connectivity index (χ0) is 22.1. The fourth-order valence-electron chi connectivity index (χ4n) is 2.65. The molecule has 0 aliphatic rings. The summed E-state index contributed by atoms with van der Waals surface area (Å²) in [5, 5.41) is 5.49. The monoisotopic (exact) mass is 411 g/mol. The molecule has 6 nitrogen and oxygen atoms in total. The first-order valence-corrected chi connectivity index (χ1v) is 9.23. The van der Waals surface area contributed by atoms with Gasteiger partial charge in [-0.05, 0) is 0 Å². The van der Waals surface area contributed by atoms with Crippen molar-refractivity contribution in [1.82, 2.24) is 14.9 Å². The minimum atomic E-state index is -2.56. The number of ether oxygens (including phenoxy) is 1. The number of allylic oxidation sites excluding steroid dienone is 3. The molecular formula is C21H24BF2N5O. The molecule has 0 atom stereocenters. The maximum atomic E-state index is 12.8. The number of aromatic nitrogens is 2. The molecule has 0 aliphatic heterocycles. The Labute approximate surface area is 176 Å². The van der Waals surface area contributed by atoms with Crippen molar-refractivity contribution in [1.29, 1.82) is 0 Å². The van der Waals surface area contributed by atoms with Gasteiger partial charge in [-0.15, -0.1) is 0 Å². The van der Waals surface area contributed by atoms with Gasteiger partial charge in [0.25, 0.3) is 0 Å². The number of likely N-dealkylation sites (N-methyl/N-ethyl adjacent to an activating group) is 1. The van der Waals surface area contributed by atoms with Gasteiger partial charge in [-0.25, -0.2) is 0 Å². The first kappa shape index (κ1) is 23.1.